The first-order valence-corrected chi connectivity index (χ1v) is 45.1. The van der Waals surface area contributed by atoms with Crippen LogP contribution in [0.3, 0.4) is 0 Å². The number of amides is 2. The van der Waals surface area contributed by atoms with Crippen molar-refractivity contribution in [2.75, 3.05) is 26.2 Å². The Morgan fingerprint density at radius 1 is 0.316 bits per heavy atom. The first kappa shape index (κ1) is 84.1. The number of benzene rings is 12. The van der Waals surface area contributed by atoms with Gasteiger partial charge in [-0.05, 0) is 305 Å². The third kappa shape index (κ3) is 21.0. The van der Waals surface area contributed by atoms with Crippen LogP contribution in [0.1, 0.15) is 140 Å². The second-order valence-corrected chi connectivity index (χ2v) is 37.5. The van der Waals surface area contributed by atoms with E-state index in [1.54, 1.807) is 24.3 Å². The number of thiophene rings is 1. The van der Waals surface area contributed by atoms with Gasteiger partial charge in [-0.1, -0.05) is 209 Å². The van der Waals surface area contributed by atoms with Crippen LogP contribution >= 0.6 is 11.3 Å². The van der Waals surface area contributed by atoms with E-state index in [0.717, 1.165) is 149 Å². The van der Waals surface area contributed by atoms with Gasteiger partial charge in [0.25, 0.3) is 0 Å². The largest absolute Gasteiger partial charge is 0.444 e. The van der Waals surface area contributed by atoms with Crippen molar-refractivity contribution in [2.45, 2.75) is 176 Å². The van der Waals surface area contributed by atoms with Gasteiger partial charge in [-0.3, -0.25) is 0 Å². The van der Waals surface area contributed by atoms with Crippen molar-refractivity contribution in [3.8, 4) is 89.0 Å². The summed E-state index contributed by atoms with van der Waals surface area (Å²) in [6.07, 6.45) is 13.2. The highest BCUT2D eigenvalue weighted by atomic mass is 32.2. The van der Waals surface area contributed by atoms with Gasteiger partial charge in [0.05, 0.1) is 19.6 Å². The molecule has 2 aliphatic heterocycles. The highest BCUT2D eigenvalue weighted by molar-refractivity contribution is 7.92. The monoisotopic (exact) mass is 1610 g/mol. The summed E-state index contributed by atoms with van der Waals surface area (Å²) < 4.78 is 66.7. The number of nitrogens with two attached hydrogens (primary N) is 2. The maximum Gasteiger partial charge on any atom is 0.407 e. The van der Waals surface area contributed by atoms with E-state index in [0.29, 0.717) is 45.8 Å². The molecule has 0 atom stereocenters. The summed E-state index contributed by atoms with van der Waals surface area (Å²) in [7, 11) is -7.10. The molecule has 0 bridgehead atoms. The number of carbonyl (C=O) groups excluding carboxylic acids is 2. The van der Waals surface area contributed by atoms with E-state index in [1.807, 2.05) is 114 Å². The number of ether oxygens (including phenoxy) is 2. The smallest absolute Gasteiger partial charge is 0.407 e. The van der Waals surface area contributed by atoms with Crippen LogP contribution in [0, 0.1) is 0 Å². The number of fused-ring (bicyclic) bond motifs is 9. The molecule has 0 spiro atoms. The van der Waals surface area contributed by atoms with Gasteiger partial charge in [0.1, 0.15) is 11.2 Å². The molecule has 0 fully saturated rings. The molecule has 602 valence electrons. The van der Waals surface area contributed by atoms with Crippen LogP contribution < -0.4 is 22.1 Å². The number of carbonyl (C=O) groups is 2. The van der Waals surface area contributed by atoms with Crippen molar-refractivity contribution in [3.63, 3.8) is 0 Å². The summed E-state index contributed by atoms with van der Waals surface area (Å²) in [6, 6.07) is 87.8. The Morgan fingerprint density at radius 2 is 0.556 bits per heavy atom. The fraction of sp³-hybridized carbons (Fsp3) is 0.275. The van der Waals surface area contributed by atoms with Gasteiger partial charge in [0.15, 0.2) is 0 Å². The lowest BCUT2D eigenvalue weighted by atomic mass is 9.94. The molecule has 6 N–H and O–H groups in total. The second kappa shape index (κ2) is 37.7. The normalized spacial score (nSPS) is 12.8. The minimum atomic E-state index is -3.57. The Kier molecular flexibility index (Phi) is 27.1. The molecule has 117 heavy (non-hydrogen) atoms. The number of rotatable bonds is 26. The van der Waals surface area contributed by atoms with Gasteiger partial charge >= 0.3 is 12.2 Å². The van der Waals surface area contributed by atoms with Crippen LogP contribution in [-0.2, 0) is 67.7 Å². The number of hydrogen-bond donors (Lipinski definition) is 4. The van der Waals surface area contributed by atoms with Crippen molar-refractivity contribution >= 4 is 63.4 Å². The Morgan fingerprint density at radius 3 is 0.812 bits per heavy atom. The van der Waals surface area contributed by atoms with E-state index in [2.05, 4.69) is 194 Å². The molecule has 0 saturated heterocycles. The Hall–Kier alpha value is -10.8. The predicted molar refractivity (Wildman–Crippen MR) is 484 cm³/mol. The average molecular weight is 1610 g/mol. The minimum Gasteiger partial charge on any atom is -0.444 e. The molecule has 2 aliphatic rings. The van der Waals surface area contributed by atoms with Crippen LogP contribution in [0.25, 0.3) is 109 Å². The Balaban J connectivity index is 0.000000153. The highest BCUT2D eigenvalue weighted by Gasteiger charge is 2.35. The number of aryl methyl sites for hydroxylation is 6. The first-order valence-electron chi connectivity index (χ1n) is 41.3. The molecule has 3 heterocycles. The van der Waals surface area contributed by atoms with Crippen LogP contribution in [-0.4, -0.2) is 66.4 Å². The maximum absolute atomic E-state index is 13.4. The number of unbranched alkanes of at least 4 members (excludes halogenated alkanes) is 2. The number of nitrogens with one attached hydrogen (secondary N) is 2. The van der Waals surface area contributed by atoms with Crippen LogP contribution in [0.15, 0.2) is 274 Å². The van der Waals surface area contributed by atoms with Crippen molar-refractivity contribution in [2.24, 2.45) is 11.5 Å². The van der Waals surface area contributed by atoms with Crippen molar-refractivity contribution < 1.29 is 35.9 Å². The third-order valence-electron chi connectivity index (χ3n) is 21.3. The molecule has 1 aromatic heterocycles. The molecular weight excluding hydrogens is 1510 g/mol. The van der Waals surface area contributed by atoms with Gasteiger partial charge in [0, 0.05) is 55.5 Å². The van der Waals surface area contributed by atoms with E-state index in [9.17, 15) is 26.4 Å². The van der Waals surface area contributed by atoms with Gasteiger partial charge in [-0.25, -0.2) is 26.4 Å². The van der Waals surface area contributed by atoms with Gasteiger partial charge in [-0.15, -0.1) is 11.3 Å². The fourth-order valence-corrected chi connectivity index (χ4v) is 19.8. The molecule has 2 amide bonds. The second-order valence-electron chi connectivity index (χ2n) is 32.6. The molecule has 0 saturated carbocycles. The molecule has 15 rings (SSSR count). The van der Waals surface area contributed by atoms with Gasteiger partial charge in [-0.2, -0.15) is 0 Å². The quantitative estimate of drug-likeness (QED) is 0.0379. The fourth-order valence-electron chi connectivity index (χ4n) is 15.4. The summed E-state index contributed by atoms with van der Waals surface area (Å²) in [5.41, 5.74) is 34.3. The topological polar surface area (TPSA) is 197 Å². The van der Waals surface area contributed by atoms with E-state index in [4.69, 9.17) is 20.9 Å². The lowest BCUT2D eigenvalue weighted by Gasteiger charge is -2.19. The predicted octanol–water partition coefficient (Wildman–Crippen LogP) is 24.4. The molecule has 0 radical (unpaired) electrons. The van der Waals surface area contributed by atoms with E-state index >= 15 is 0 Å². The molecule has 0 aliphatic carbocycles. The Bertz CT molecular complexity index is 5880. The van der Waals surface area contributed by atoms with Crippen LogP contribution in [0.4, 0.5) is 9.59 Å². The number of alkyl carbamates (subject to hydrolysis) is 2. The molecule has 15 heteroatoms. The van der Waals surface area contributed by atoms with E-state index in [1.165, 1.54) is 83.1 Å². The van der Waals surface area contributed by atoms with Crippen molar-refractivity contribution in [1.82, 2.24) is 10.6 Å². The van der Waals surface area contributed by atoms with Crippen molar-refractivity contribution in [1.29, 1.82) is 0 Å². The average Bonchev–Trinajstić information content (AvgIpc) is 1.58. The molecule has 12 nitrogen and oxygen atoms in total. The zero-order valence-electron chi connectivity index (χ0n) is 68.6. The number of sulfone groups is 2. The zero-order chi connectivity index (χ0) is 82.4. The van der Waals surface area contributed by atoms with Gasteiger partial charge in [0.2, 0.25) is 19.7 Å². The standard InChI is InChI=1S/C36H39NO4S.C36H39NO2S.C30H30N2O2S/c1-5-6-10-25-11-7-14-27(21-25)29-16-18-33-31(23-29)32-24-30(17-19-34(32)42(33,39)40)28-15-8-12-26(22-28)13-9-20-37-35(38)41-36(2,3)4;1-5-6-10-25-11-7-14-27(21-25)29-16-18-33-31(23-29)32-24-30(17-19-34(32)40-33)28-15-8-12-26(22-28)13-9-20-37-35(38)39-36(2,3)4;31-15-3-7-21-5-1-9-23(17-21)25-11-13-29-27(19-25)28-20-26(12-14-30(28)35(29,33)34)24-10-2-6-22(18-24)8-4-16-32/h7-8,11-12,14-19,21-24H,5-6,9-10,13,20H2,1-4H3,(H,37,38);7-8,11-12,14-19,21-24H,5-6,9-10,13,20H2,1-4H3,(H,37,38);1-2,5-6,9-14,17-20H,3-4,7-8,15-16,31-32H2. The van der Waals surface area contributed by atoms with Crippen LogP contribution in [0.5, 0.6) is 0 Å². The highest BCUT2D eigenvalue weighted by Crippen LogP contribution is 2.49. The molecule has 12 aromatic carbocycles. The summed E-state index contributed by atoms with van der Waals surface area (Å²) in [6.45, 7) is 18.0. The lowest BCUT2D eigenvalue weighted by Crippen LogP contribution is -2.33. The Labute approximate surface area is 696 Å². The third-order valence-corrected chi connectivity index (χ3v) is 26.2. The summed E-state index contributed by atoms with van der Waals surface area (Å²) in [4.78, 5) is 25.3. The zero-order valence-corrected chi connectivity index (χ0v) is 71.1. The molecular formula is C102H108N4O8S3. The summed E-state index contributed by atoms with van der Waals surface area (Å²) in [5, 5.41) is 8.30. The van der Waals surface area contributed by atoms with Crippen LogP contribution in [0.2, 0.25) is 0 Å². The summed E-state index contributed by atoms with van der Waals surface area (Å²) in [5.74, 6) is 0. The van der Waals surface area contributed by atoms with Crippen molar-refractivity contribution in [3.05, 3.63) is 288 Å². The maximum atomic E-state index is 13.4. The van der Waals surface area contributed by atoms with E-state index in [-0.39, 0.29) is 6.09 Å². The van der Waals surface area contributed by atoms with E-state index < -0.39 is 37.0 Å². The number of hydrogen-bond acceptors (Lipinski definition) is 11. The summed E-state index contributed by atoms with van der Waals surface area (Å²) >= 11 is 1.86. The molecule has 13 aromatic rings. The van der Waals surface area contributed by atoms with Gasteiger partial charge < -0.3 is 31.6 Å². The lowest BCUT2D eigenvalue weighted by molar-refractivity contribution is 0.0515. The SMILES string of the molecule is CCCCc1cccc(-c2ccc3c(c2)-c2cc(-c4cccc(CCCNC(=O)OC(C)(C)C)c4)ccc2S3(=O)=O)c1.CCCCc1cccc(-c2ccc3sc4ccc(-c5cccc(CCCNC(=O)OC(C)(C)C)c5)cc4c3c2)c1.NCCCc1cccc(-c2ccc3c(c2)-c2cc(-c4cccc(CCCN)c4)ccc2S3(=O)=O)c1. The minimum absolute atomic E-state index is 0.357. The first-order chi connectivity index (χ1) is 56.3. The molecule has 0 unspecified atom stereocenters.